The van der Waals surface area contributed by atoms with E-state index in [4.69, 9.17) is 14.2 Å². The molecule has 1 atom stereocenters. The minimum atomic E-state index is -0.0415. The number of aromatic nitrogens is 3. The average Bonchev–Trinajstić information content (AvgIpc) is 3.24. The van der Waals surface area contributed by atoms with Gasteiger partial charge in [0.2, 0.25) is 6.79 Å². The van der Waals surface area contributed by atoms with Crippen LogP contribution in [-0.2, 0) is 17.8 Å². The Hall–Kier alpha value is -2.12. The lowest BCUT2D eigenvalue weighted by Crippen LogP contribution is -2.38. The van der Waals surface area contributed by atoms with E-state index in [0.29, 0.717) is 13.4 Å². The molecule has 122 valence electrons. The van der Waals surface area contributed by atoms with Crippen LogP contribution in [0.2, 0.25) is 0 Å². The summed E-state index contributed by atoms with van der Waals surface area (Å²) >= 11 is 0. The molecule has 0 saturated carbocycles. The van der Waals surface area contributed by atoms with E-state index < -0.39 is 0 Å². The summed E-state index contributed by atoms with van der Waals surface area (Å²) in [5, 5.41) is 8.23. The fourth-order valence-corrected chi connectivity index (χ4v) is 3.12. The van der Waals surface area contributed by atoms with E-state index in [1.165, 1.54) is 0 Å². The summed E-state index contributed by atoms with van der Waals surface area (Å²) in [6.45, 7) is 6.42. The van der Waals surface area contributed by atoms with Crippen LogP contribution in [0.25, 0.3) is 0 Å². The van der Waals surface area contributed by atoms with E-state index in [1.54, 1.807) is 6.33 Å². The van der Waals surface area contributed by atoms with E-state index in [1.807, 2.05) is 16.7 Å². The number of ether oxygens (including phenoxy) is 3. The zero-order valence-electron chi connectivity index (χ0n) is 13.1. The van der Waals surface area contributed by atoms with Crippen LogP contribution in [0.3, 0.4) is 0 Å². The van der Waals surface area contributed by atoms with Gasteiger partial charge in [0, 0.05) is 31.7 Å². The number of para-hydroxylation sites is 1. The molecule has 2 aromatic rings. The predicted molar refractivity (Wildman–Crippen MR) is 82.2 cm³/mol. The van der Waals surface area contributed by atoms with Crippen LogP contribution < -0.4 is 9.47 Å². The van der Waals surface area contributed by atoms with Gasteiger partial charge >= 0.3 is 0 Å². The third-order valence-corrected chi connectivity index (χ3v) is 4.30. The fraction of sp³-hybridized carbons (Fsp3) is 0.500. The Morgan fingerprint density at radius 1 is 1.30 bits per heavy atom. The third kappa shape index (κ3) is 2.77. The monoisotopic (exact) mass is 316 g/mol. The molecule has 2 aliphatic rings. The van der Waals surface area contributed by atoms with Gasteiger partial charge in [-0.05, 0) is 13.0 Å². The molecule has 1 aromatic heterocycles. The summed E-state index contributed by atoms with van der Waals surface area (Å²) < 4.78 is 19.0. The Labute approximate surface area is 134 Å². The molecule has 1 fully saturated rings. The molecule has 1 saturated heterocycles. The quantitative estimate of drug-likeness (QED) is 0.854. The molecule has 0 spiro atoms. The Bertz CT molecular complexity index is 688. The van der Waals surface area contributed by atoms with Crippen LogP contribution >= 0.6 is 0 Å². The van der Waals surface area contributed by atoms with Crippen molar-refractivity contribution in [1.29, 1.82) is 0 Å². The van der Waals surface area contributed by atoms with Gasteiger partial charge in [0.15, 0.2) is 17.3 Å². The number of hydrogen-bond acceptors (Lipinski definition) is 6. The van der Waals surface area contributed by atoms with E-state index in [9.17, 15) is 0 Å². The van der Waals surface area contributed by atoms with Crippen molar-refractivity contribution in [3.63, 3.8) is 0 Å². The average molecular weight is 316 g/mol. The minimum Gasteiger partial charge on any atom is -0.454 e. The molecule has 1 aromatic carbocycles. The molecular weight excluding hydrogens is 296 g/mol. The van der Waals surface area contributed by atoms with Crippen molar-refractivity contribution in [2.75, 3.05) is 26.5 Å². The Morgan fingerprint density at radius 3 is 3.17 bits per heavy atom. The summed E-state index contributed by atoms with van der Waals surface area (Å²) in [4.78, 5) is 2.36. The maximum Gasteiger partial charge on any atom is 0.231 e. The van der Waals surface area contributed by atoms with Gasteiger partial charge in [0.05, 0.1) is 6.61 Å². The summed E-state index contributed by atoms with van der Waals surface area (Å²) in [5.41, 5.74) is 1.15. The van der Waals surface area contributed by atoms with Crippen LogP contribution in [-0.4, -0.2) is 46.2 Å². The van der Waals surface area contributed by atoms with Crippen molar-refractivity contribution in [2.45, 2.75) is 26.1 Å². The van der Waals surface area contributed by atoms with Gasteiger partial charge in [-0.3, -0.25) is 4.90 Å². The molecule has 2 aliphatic heterocycles. The molecule has 7 heteroatoms. The molecule has 0 bridgehead atoms. The molecule has 0 aliphatic carbocycles. The van der Waals surface area contributed by atoms with Gasteiger partial charge < -0.3 is 18.8 Å². The van der Waals surface area contributed by atoms with Crippen molar-refractivity contribution >= 4 is 0 Å². The van der Waals surface area contributed by atoms with Crippen LogP contribution in [0, 0.1) is 0 Å². The number of benzene rings is 1. The smallest absolute Gasteiger partial charge is 0.231 e. The Kier molecular flexibility index (Phi) is 3.88. The highest BCUT2D eigenvalue weighted by atomic mass is 16.7. The lowest BCUT2D eigenvalue weighted by Gasteiger charge is -2.32. The van der Waals surface area contributed by atoms with Crippen molar-refractivity contribution in [1.82, 2.24) is 19.7 Å². The molecule has 4 rings (SSSR count). The Balaban J connectivity index is 1.49. The van der Waals surface area contributed by atoms with Crippen molar-refractivity contribution in [3.05, 3.63) is 35.9 Å². The fourth-order valence-electron chi connectivity index (χ4n) is 3.12. The lowest BCUT2D eigenvalue weighted by atomic mass is 10.1. The second-order valence-electron chi connectivity index (χ2n) is 5.72. The van der Waals surface area contributed by atoms with Gasteiger partial charge in [-0.1, -0.05) is 12.1 Å². The zero-order valence-corrected chi connectivity index (χ0v) is 13.1. The van der Waals surface area contributed by atoms with E-state index >= 15 is 0 Å². The van der Waals surface area contributed by atoms with Crippen LogP contribution in [0.15, 0.2) is 24.5 Å². The lowest BCUT2D eigenvalue weighted by molar-refractivity contribution is -0.0390. The van der Waals surface area contributed by atoms with E-state index in [-0.39, 0.29) is 6.10 Å². The highest BCUT2D eigenvalue weighted by Crippen LogP contribution is 2.36. The van der Waals surface area contributed by atoms with Crippen molar-refractivity contribution in [3.8, 4) is 11.5 Å². The van der Waals surface area contributed by atoms with Gasteiger partial charge in [0.1, 0.15) is 12.4 Å². The van der Waals surface area contributed by atoms with Gasteiger partial charge in [-0.25, -0.2) is 0 Å². The maximum atomic E-state index is 5.90. The molecule has 0 unspecified atom stereocenters. The van der Waals surface area contributed by atoms with Gasteiger partial charge in [0.25, 0.3) is 0 Å². The van der Waals surface area contributed by atoms with Crippen LogP contribution in [0.1, 0.15) is 24.4 Å². The maximum absolute atomic E-state index is 5.90. The number of aryl methyl sites for hydroxylation is 1. The van der Waals surface area contributed by atoms with Crippen molar-refractivity contribution < 1.29 is 14.2 Å². The topological polar surface area (TPSA) is 61.6 Å². The number of fused-ring (bicyclic) bond motifs is 1. The number of morpholine rings is 1. The summed E-state index contributed by atoms with van der Waals surface area (Å²) in [5.74, 6) is 2.60. The standard InChI is InChI=1S/C16H20N4O3/c1-2-20-10-17-18-16(20)14-9-19(6-7-21-14)8-12-4-3-5-13-15(12)23-11-22-13/h3-5,10,14H,2,6-9,11H2,1H3/t14-/m1/s1. The van der Waals surface area contributed by atoms with Gasteiger partial charge in [-0.2, -0.15) is 0 Å². The first-order valence-electron chi connectivity index (χ1n) is 7.94. The minimum absolute atomic E-state index is 0.0415. The van der Waals surface area contributed by atoms with Crippen molar-refractivity contribution in [2.24, 2.45) is 0 Å². The number of rotatable bonds is 4. The first-order chi connectivity index (χ1) is 11.3. The summed E-state index contributed by atoms with van der Waals surface area (Å²) in [6.07, 6.45) is 1.72. The molecular formula is C16H20N4O3. The van der Waals surface area contributed by atoms with Crippen LogP contribution in [0.4, 0.5) is 0 Å². The third-order valence-electron chi connectivity index (χ3n) is 4.30. The molecule has 23 heavy (non-hydrogen) atoms. The highest BCUT2D eigenvalue weighted by Gasteiger charge is 2.27. The Morgan fingerprint density at radius 2 is 2.26 bits per heavy atom. The van der Waals surface area contributed by atoms with Gasteiger partial charge in [-0.15, -0.1) is 10.2 Å². The molecule has 3 heterocycles. The normalized spacial score (nSPS) is 20.8. The molecule has 7 nitrogen and oxygen atoms in total. The molecule has 0 amide bonds. The number of nitrogens with zero attached hydrogens (tertiary/aromatic N) is 4. The second-order valence-corrected chi connectivity index (χ2v) is 5.72. The summed E-state index contributed by atoms with van der Waals surface area (Å²) in [6, 6.07) is 6.04. The zero-order chi connectivity index (χ0) is 15.6. The summed E-state index contributed by atoms with van der Waals surface area (Å²) in [7, 11) is 0. The first-order valence-corrected chi connectivity index (χ1v) is 7.94. The molecule has 0 radical (unpaired) electrons. The second kappa shape index (κ2) is 6.17. The SMILES string of the molecule is CCn1cnnc1[C@H]1CN(Cc2cccc3c2OCO3)CCO1. The molecule has 0 N–H and O–H groups in total. The number of hydrogen-bond donors (Lipinski definition) is 0. The largest absolute Gasteiger partial charge is 0.454 e. The van der Waals surface area contributed by atoms with E-state index in [0.717, 1.165) is 49.1 Å². The van der Waals surface area contributed by atoms with E-state index in [2.05, 4.69) is 28.1 Å². The predicted octanol–water partition coefficient (Wildman–Crippen LogP) is 1.60. The first kappa shape index (κ1) is 14.5. The highest BCUT2D eigenvalue weighted by molar-refractivity contribution is 5.48. The van der Waals surface area contributed by atoms with Crippen LogP contribution in [0.5, 0.6) is 11.5 Å².